The molecule has 1 fully saturated rings. The van der Waals surface area contributed by atoms with Crippen molar-refractivity contribution in [3.8, 4) is 11.5 Å². The van der Waals surface area contributed by atoms with Crippen LogP contribution in [0.5, 0.6) is 11.5 Å². The molecule has 0 amide bonds. The van der Waals surface area contributed by atoms with Crippen LogP contribution in [0.25, 0.3) is 0 Å². The van der Waals surface area contributed by atoms with Crippen molar-refractivity contribution in [2.45, 2.75) is 56.1 Å². The van der Waals surface area contributed by atoms with Gasteiger partial charge in [0, 0.05) is 6.54 Å². The lowest BCUT2D eigenvalue weighted by Gasteiger charge is -2.38. The molecule has 3 aromatic carbocycles. The molecule has 0 N–H and O–H groups in total. The van der Waals surface area contributed by atoms with Gasteiger partial charge in [0.25, 0.3) is 0 Å². The van der Waals surface area contributed by atoms with E-state index in [0.29, 0.717) is 24.3 Å². The number of hydrogen-bond donors (Lipinski definition) is 0. The van der Waals surface area contributed by atoms with E-state index < -0.39 is 33.3 Å². The van der Waals surface area contributed by atoms with Gasteiger partial charge in [-0.15, -0.1) is 0 Å². The Morgan fingerprint density at radius 3 is 2.08 bits per heavy atom. The fraction of sp³-hybridized carbons (Fsp3) is 0.333. The molecule has 0 aliphatic heterocycles. The predicted octanol–water partition coefficient (Wildman–Crippen LogP) is 5.62. The summed E-state index contributed by atoms with van der Waals surface area (Å²) in [7, 11) is -4.26. The van der Waals surface area contributed by atoms with Crippen LogP contribution in [0.2, 0.25) is 0 Å². The van der Waals surface area contributed by atoms with E-state index in [2.05, 4.69) is 0 Å². The van der Waals surface area contributed by atoms with Gasteiger partial charge >= 0.3 is 11.9 Å². The number of ether oxygens (including phenoxy) is 3. The highest BCUT2D eigenvalue weighted by Gasteiger charge is 2.52. The number of benzene rings is 3. The van der Waals surface area contributed by atoms with Crippen LogP contribution < -0.4 is 4.74 Å². The first-order valence-electron chi connectivity index (χ1n) is 13.2. The Bertz CT molecular complexity index is 1390. The van der Waals surface area contributed by atoms with Crippen molar-refractivity contribution in [1.29, 1.82) is 0 Å². The van der Waals surface area contributed by atoms with Gasteiger partial charge < -0.3 is 14.2 Å². The second-order valence-corrected chi connectivity index (χ2v) is 11.3. The molecule has 0 atom stereocenters. The minimum Gasteiger partial charge on any atom is -0.466 e. The standard InChI is InChI=1S/C30H32FNO7S/c1-2-37-28(33)18-21-32(30(19-6-7-20-30)29(34)38-22-23-8-4-3-5-9-23)40(35,36)27-16-14-26(15-17-27)39-25-12-10-24(31)11-13-25/h3-5,8-17H,2,6-7,18-22H2,1H3. The first-order chi connectivity index (χ1) is 19.2. The summed E-state index contributed by atoms with van der Waals surface area (Å²) >= 11 is 0. The summed E-state index contributed by atoms with van der Waals surface area (Å²) in [6.45, 7) is 1.59. The molecule has 0 bridgehead atoms. The van der Waals surface area contributed by atoms with Crippen molar-refractivity contribution in [2.75, 3.05) is 13.2 Å². The van der Waals surface area contributed by atoms with Crippen molar-refractivity contribution in [3.05, 3.63) is 90.2 Å². The fourth-order valence-corrected chi connectivity index (χ4v) is 6.59. The number of rotatable bonds is 12. The molecular weight excluding hydrogens is 537 g/mol. The van der Waals surface area contributed by atoms with Crippen LogP contribution in [0.4, 0.5) is 4.39 Å². The van der Waals surface area contributed by atoms with Gasteiger partial charge in [-0.2, -0.15) is 4.31 Å². The second-order valence-electron chi connectivity index (χ2n) is 9.46. The van der Waals surface area contributed by atoms with Crippen LogP contribution in [0, 0.1) is 5.82 Å². The molecule has 4 rings (SSSR count). The Balaban J connectivity index is 1.62. The first-order valence-corrected chi connectivity index (χ1v) is 14.6. The Morgan fingerprint density at radius 1 is 0.875 bits per heavy atom. The van der Waals surface area contributed by atoms with Gasteiger partial charge in [-0.05, 0) is 73.9 Å². The summed E-state index contributed by atoms with van der Waals surface area (Å²) in [5.41, 5.74) is -0.676. The lowest BCUT2D eigenvalue weighted by Crippen LogP contribution is -2.56. The average molecular weight is 570 g/mol. The number of carbonyl (C=O) groups excluding carboxylic acids is 2. The zero-order chi connectivity index (χ0) is 28.6. The highest BCUT2D eigenvalue weighted by molar-refractivity contribution is 7.89. The van der Waals surface area contributed by atoms with E-state index >= 15 is 0 Å². The van der Waals surface area contributed by atoms with E-state index in [1.807, 2.05) is 30.3 Å². The third-order valence-corrected chi connectivity index (χ3v) is 8.77. The molecule has 0 heterocycles. The number of hydrogen-bond acceptors (Lipinski definition) is 7. The molecule has 0 aromatic heterocycles. The zero-order valence-electron chi connectivity index (χ0n) is 22.3. The Kier molecular flexibility index (Phi) is 9.54. The fourth-order valence-electron chi connectivity index (χ4n) is 4.81. The van der Waals surface area contributed by atoms with E-state index in [9.17, 15) is 22.4 Å². The smallest absolute Gasteiger partial charge is 0.327 e. The van der Waals surface area contributed by atoms with E-state index in [0.717, 1.165) is 9.87 Å². The Hall–Kier alpha value is -3.76. The number of sulfonamides is 1. The summed E-state index contributed by atoms with van der Waals surface area (Å²) in [5, 5.41) is 0. The normalized spacial score (nSPS) is 14.6. The van der Waals surface area contributed by atoms with Crippen LogP contribution in [-0.2, 0) is 35.7 Å². The molecule has 0 spiro atoms. The topological polar surface area (TPSA) is 99.2 Å². The SMILES string of the molecule is CCOC(=O)CCN(C1(C(=O)OCc2ccccc2)CCCC1)S(=O)(=O)c1ccc(Oc2ccc(F)cc2)cc1. The molecule has 212 valence electrons. The number of nitrogens with zero attached hydrogens (tertiary/aromatic N) is 1. The third kappa shape index (κ3) is 6.86. The summed E-state index contributed by atoms with van der Waals surface area (Å²) in [4.78, 5) is 25.8. The lowest BCUT2D eigenvalue weighted by molar-refractivity contribution is -0.157. The van der Waals surface area contributed by atoms with Crippen molar-refractivity contribution in [1.82, 2.24) is 4.31 Å². The van der Waals surface area contributed by atoms with E-state index in [1.54, 1.807) is 6.92 Å². The predicted molar refractivity (Wildman–Crippen MR) is 145 cm³/mol. The van der Waals surface area contributed by atoms with Crippen molar-refractivity contribution in [2.24, 2.45) is 0 Å². The number of carbonyl (C=O) groups is 2. The minimum atomic E-state index is -4.26. The third-order valence-electron chi connectivity index (χ3n) is 6.79. The van der Waals surface area contributed by atoms with Crippen LogP contribution in [0.1, 0.15) is 44.6 Å². The highest BCUT2D eigenvalue weighted by atomic mass is 32.2. The van der Waals surface area contributed by atoms with Crippen molar-refractivity contribution in [3.63, 3.8) is 0 Å². The maximum Gasteiger partial charge on any atom is 0.327 e. The molecule has 1 saturated carbocycles. The molecule has 8 nitrogen and oxygen atoms in total. The van der Waals surface area contributed by atoms with Crippen molar-refractivity contribution >= 4 is 22.0 Å². The van der Waals surface area contributed by atoms with Crippen LogP contribution >= 0.6 is 0 Å². The molecule has 0 unspecified atom stereocenters. The molecule has 1 aliphatic carbocycles. The summed E-state index contributed by atoms with van der Waals surface area (Å²) in [6.07, 6.45) is 1.60. The Labute approximate surface area is 233 Å². The largest absolute Gasteiger partial charge is 0.466 e. The first kappa shape index (κ1) is 29.2. The second kappa shape index (κ2) is 13.1. The van der Waals surface area contributed by atoms with Crippen LogP contribution in [0.3, 0.4) is 0 Å². The molecule has 40 heavy (non-hydrogen) atoms. The van der Waals surface area contributed by atoms with Gasteiger partial charge in [-0.25, -0.2) is 17.6 Å². The van der Waals surface area contributed by atoms with E-state index in [1.165, 1.54) is 48.5 Å². The van der Waals surface area contributed by atoms with Gasteiger partial charge in [0.1, 0.15) is 29.5 Å². The minimum absolute atomic E-state index is 0.00259. The van der Waals surface area contributed by atoms with Gasteiger partial charge in [0.05, 0.1) is 17.9 Å². The summed E-state index contributed by atoms with van der Waals surface area (Å²) < 4.78 is 58.8. The van der Waals surface area contributed by atoms with Gasteiger partial charge in [0.15, 0.2) is 0 Å². The maximum absolute atomic E-state index is 14.1. The van der Waals surface area contributed by atoms with E-state index in [4.69, 9.17) is 14.2 Å². The molecule has 0 radical (unpaired) electrons. The zero-order valence-corrected chi connectivity index (χ0v) is 23.1. The maximum atomic E-state index is 14.1. The van der Waals surface area contributed by atoms with Crippen LogP contribution in [-0.4, -0.2) is 43.4 Å². The molecule has 3 aromatic rings. The average Bonchev–Trinajstić information content (AvgIpc) is 3.45. The summed E-state index contributed by atoms with van der Waals surface area (Å²) in [6, 6.07) is 20.3. The van der Waals surface area contributed by atoms with Crippen molar-refractivity contribution < 1.29 is 36.6 Å². The molecule has 0 saturated heterocycles. The summed E-state index contributed by atoms with van der Waals surface area (Å²) in [5.74, 6) is -0.866. The quantitative estimate of drug-likeness (QED) is 0.261. The van der Waals surface area contributed by atoms with Gasteiger partial charge in [0.2, 0.25) is 10.0 Å². The number of halogens is 1. The van der Waals surface area contributed by atoms with Gasteiger partial charge in [-0.1, -0.05) is 43.2 Å². The van der Waals surface area contributed by atoms with Crippen LogP contribution in [0.15, 0.2) is 83.8 Å². The number of esters is 2. The molecule has 1 aliphatic rings. The van der Waals surface area contributed by atoms with Gasteiger partial charge in [-0.3, -0.25) is 4.79 Å². The highest BCUT2D eigenvalue weighted by Crippen LogP contribution is 2.40. The molecule has 10 heteroatoms. The monoisotopic (exact) mass is 569 g/mol. The van der Waals surface area contributed by atoms with E-state index in [-0.39, 0.29) is 43.9 Å². The Morgan fingerprint density at radius 2 is 1.48 bits per heavy atom. The lowest BCUT2D eigenvalue weighted by atomic mass is 9.97. The molecular formula is C30H32FNO7S.